The second kappa shape index (κ2) is 6.92. The minimum atomic E-state index is 0.377. The van der Waals surface area contributed by atoms with Crippen molar-refractivity contribution in [3.05, 3.63) is 28.2 Å². The van der Waals surface area contributed by atoms with E-state index in [0.29, 0.717) is 6.04 Å². The molecule has 2 nitrogen and oxygen atoms in total. The van der Waals surface area contributed by atoms with Gasteiger partial charge in [-0.3, -0.25) is 0 Å². The predicted octanol–water partition coefficient (Wildman–Crippen LogP) is 3.91. The van der Waals surface area contributed by atoms with Gasteiger partial charge in [-0.1, -0.05) is 36.2 Å². The van der Waals surface area contributed by atoms with E-state index in [0.717, 1.165) is 29.6 Å². The van der Waals surface area contributed by atoms with Crippen LogP contribution in [-0.4, -0.2) is 13.7 Å². The van der Waals surface area contributed by atoms with Crippen LogP contribution in [0.25, 0.3) is 0 Å². The Hall–Kier alpha value is -0.540. The number of benzene rings is 1. The van der Waals surface area contributed by atoms with Crippen molar-refractivity contribution in [3.63, 3.8) is 0 Å². The molecule has 3 heteroatoms. The minimum absolute atomic E-state index is 0.377. The van der Waals surface area contributed by atoms with Crippen molar-refractivity contribution in [1.82, 2.24) is 5.32 Å². The maximum absolute atomic E-state index is 5.41. The number of rotatable bonds is 6. The van der Waals surface area contributed by atoms with Crippen molar-refractivity contribution in [3.8, 4) is 5.75 Å². The van der Waals surface area contributed by atoms with Gasteiger partial charge in [0.15, 0.2) is 0 Å². The molecule has 0 amide bonds. The van der Waals surface area contributed by atoms with Crippen LogP contribution in [0.5, 0.6) is 5.75 Å². The van der Waals surface area contributed by atoms with Crippen molar-refractivity contribution in [1.29, 1.82) is 0 Å². The maximum Gasteiger partial charge on any atom is 0.123 e. The molecule has 0 aliphatic carbocycles. The number of methoxy groups -OCH3 is 1. The average molecular weight is 286 g/mol. The van der Waals surface area contributed by atoms with E-state index in [-0.39, 0.29) is 0 Å². The molecular formula is C13H20BrNO. The largest absolute Gasteiger partial charge is 0.496 e. The summed E-state index contributed by atoms with van der Waals surface area (Å²) in [7, 11) is 1.72. The van der Waals surface area contributed by atoms with Gasteiger partial charge in [0.1, 0.15) is 5.75 Å². The molecule has 0 aliphatic heterocycles. The molecular weight excluding hydrogens is 266 g/mol. The van der Waals surface area contributed by atoms with E-state index in [1.807, 2.05) is 12.1 Å². The molecule has 1 aromatic carbocycles. The number of nitrogens with one attached hydrogen (secondary N) is 1. The van der Waals surface area contributed by atoms with Gasteiger partial charge in [-0.2, -0.15) is 0 Å². The molecule has 1 rings (SSSR count). The van der Waals surface area contributed by atoms with Gasteiger partial charge in [0.25, 0.3) is 0 Å². The fourth-order valence-corrected chi connectivity index (χ4v) is 2.26. The Morgan fingerprint density at radius 3 is 2.69 bits per heavy atom. The monoisotopic (exact) mass is 285 g/mol. The molecule has 0 bridgehead atoms. The van der Waals surface area contributed by atoms with Crippen LogP contribution in [-0.2, 0) is 0 Å². The normalized spacial score (nSPS) is 12.5. The summed E-state index contributed by atoms with van der Waals surface area (Å²) in [6, 6.07) is 6.54. The lowest BCUT2D eigenvalue weighted by molar-refractivity contribution is 0.395. The Kier molecular flexibility index (Phi) is 5.85. The summed E-state index contributed by atoms with van der Waals surface area (Å²) in [5.41, 5.74) is 1.24. The highest BCUT2D eigenvalue weighted by molar-refractivity contribution is 9.10. The zero-order valence-electron chi connectivity index (χ0n) is 10.2. The number of hydrogen-bond acceptors (Lipinski definition) is 2. The lowest BCUT2D eigenvalue weighted by Crippen LogP contribution is -2.21. The van der Waals surface area contributed by atoms with Gasteiger partial charge in [0, 0.05) is 16.1 Å². The number of hydrogen-bond donors (Lipinski definition) is 1. The van der Waals surface area contributed by atoms with Gasteiger partial charge in [-0.25, -0.2) is 0 Å². The molecule has 0 saturated carbocycles. The second-order valence-electron chi connectivity index (χ2n) is 3.79. The zero-order chi connectivity index (χ0) is 12.0. The van der Waals surface area contributed by atoms with E-state index < -0.39 is 0 Å². The smallest absolute Gasteiger partial charge is 0.123 e. The van der Waals surface area contributed by atoms with Crippen molar-refractivity contribution in [2.45, 2.75) is 32.7 Å². The Balaban J connectivity index is 3.00. The van der Waals surface area contributed by atoms with Gasteiger partial charge in [0.05, 0.1) is 7.11 Å². The van der Waals surface area contributed by atoms with Crippen molar-refractivity contribution in [2.24, 2.45) is 0 Å². The molecule has 16 heavy (non-hydrogen) atoms. The zero-order valence-corrected chi connectivity index (χ0v) is 11.8. The molecule has 0 spiro atoms. The summed E-state index contributed by atoms with van der Waals surface area (Å²) in [6.45, 7) is 5.31. The van der Waals surface area contributed by atoms with E-state index in [9.17, 15) is 0 Å². The van der Waals surface area contributed by atoms with E-state index in [1.54, 1.807) is 7.11 Å². The van der Waals surface area contributed by atoms with Crippen LogP contribution >= 0.6 is 15.9 Å². The summed E-state index contributed by atoms with van der Waals surface area (Å²) < 4.78 is 6.51. The third kappa shape index (κ3) is 3.49. The first kappa shape index (κ1) is 13.5. The van der Waals surface area contributed by atoms with Crippen LogP contribution in [0.3, 0.4) is 0 Å². The summed E-state index contributed by atoms with van der Waals surface area (Å²) in [5, 5.41) is 3.50. The first-order valence-corrected chi connectivity index (χ1v) is 6.59. The van der Waals surface area contributed by atoms with Gasteiger partial charge >= 0.3 is 0 Å². The van der Waals surface area contributed by atoms with Crippen molar-refractivity contribution < 1.29 is 4.74 Å². The summed E-state index contributed by atoms with van der Waals surface area (Å²) in [5.74, 6) is 0.961. The maximum atomic E-state index is 5.41. The van der Waals surface area contributed by atoms with Gasteiger partial charge in [-0.05, 0) is 31.2 Å². The predicted molar refractivity (Wildman–Crippen MR) is 72.0 cm³/mol. The molecule has 1 unspecified atom stereocenters. The van der Waals surface area contributed by atoms with E-state index >= 15 is 0 Å². The van der Waals surface area contributed by atoms with E-state index in [4.69, 9.17) is 4.74 Å². The molecule has 0 heterocycles. The highest BCUT2D eigenvalue weighted by Gasteiger charge is 2.14. The molecule has 0 saturated heterocycles. The van der Waals surface area contributed by atoms with Gasteiger partial charge in [0.2, 0.25) is 0 Å². The molecule has 0 aliphatic rings. The Morgan fingerprint density at radius 2 is 2.12 bits per heavy atom. The number of halogens is 1. The molecule has 1 atom stereocenters. The van der Waals surface area contributed by atoms with Crippen molar-refractivity contribution in [2.75, 3.05) is 13.7 Å². The lowest BCUT2D eigenvalue weighted by Gasteiger charge is -2.20. The van der Waals surface area contributed by atoms with Crippen LogP contribution in [0.15, 0.2) is 22.7 Å². The molecule has 1 aromatic rings. The standard InChI is InChI=1S/C13H20BrNO/c1-4-6-12(15-5-2)11-9-10(14)7-8-13(11)16-3/h7-9,12,15H,4-6H2,1-3H3. The quantitative estimate of drug-likeness (QED) is 0.856. The van der Waals surface area contributed by atoms with E-state index in [2.05, 4.69) is 41.2 Å². The third-order valence-corrected chi connectivity index (χ3v) is 3.09. The number of ether oxygens (including phenoxy) is 1. The van der Waals surface area contributed by atoms with Crippen molar-refractivity contribution >= 4 is 15.9 Å². The van der Waals surface area contributed by atoms with E-state index in [1.165, 1.54) is 5.56 Å². The third-order valence-electron chi connectivity index (χ3n) is 2.60. The topological polar surface area (TPSA) is 21.3 Å². The highest BCUT2D eigenvalue weighted by Crippen LogP contribution is 2.30. The Bertz CT molecular complexity index is 322. The molecule has 0 fully saturated rings. The molecule has 1 N–H and O–H groups in total. The van der Waals surface area contributed by atoms with Crippen LogP contribution in [0.4, 0.5) is 0 Å². The van der Waals surface area contributed by atoms with Crippen LogP contribution < -0.4 is 10.1 Å². The first-order chi connectivity index (χ1) is 7.72. The Labute approximate surface area is 107 Å². The lowest BCUT2D eigenvalue weighted by atomic mass is 10.0. The second-order valence-corrected chi connectivity index (χ2v) is 4.70. The van der Waals surface area contributed by atoms with Gasteiger partial charge < -0.3 is 10.1 Å². The van der Waals surface area contributed by atoms with Crippen LogP contribution in [0, 0.1) is 0 Å². The summed E-state index contributed by atoms with van der Waals surface area (Å²) in [4.78, 5) is 0. The first-order valence-electron chi connectivity index (χ1n) is 5.79. The molecule has 0 radical (unpaired) electrons. The van der Waals surface area contributed by atoms with Crippen LogP contribution in [0.2, 0.25) is 0 Å². The Morgan fingerprint density at radius 1 is 1.38 bits per heavy atom. The summed E-state index contributed by atoms with van der Waals surface area (Å²) >= 11 is 3.51. The van der Waals surface area contributed by atoms with Gasteiger partial charge in [-0.15, -0.1) is 0 Å². The SMILES string of the molecule is CCCC(NCC)c1cc(Br)ccc1OC. The molecule has 90 valence electrons. The average Bonchev–Trinajstić information content (AvgIpc) is 2.29. The fourth-order valence-electron chi connectivity index (χ4n) is 1.88. The minimum Gasteiger partial charge on any atom is -0.496 e. The highest BCUT2D eigenvalue weighted by atomic mass is 79.9. The van der Waals surface area contributed by atoms with Crippen LogP contribution in [0.1, 0.15) is 38.3 Å². The molecule has 0 aromatic heterocycles. The summed E-state index contributed by atoms with van der Waals surface area (Å²) in [6.07, 6.45) is 2.29. The fraction of sp³-hybridized carbons (Fsp3) is 0.538.